The summed E-state index contributed by atoms with van der Waals surface area (Å²) < 4.78 is 12.0. The van der Waals surface area contributed by atoms with Crippen molar-refractivity contribution in [1.29, 1.82) is 0 Å². The van der Waals surface area contributed by atoms with E-state index in [9.17, 15) is 9.59 Å². The van der Waals surface area contributed by atoms with Crippen LogP contribution >= 0.6 is 0 Å². The summed E-state index contributed by atoms with van der Waals surface area (Å²) >= 11 is 0. The van der Waals surface area contributed by atoms with E-state index < -0.39 is 6.04 Å². The largest absolute Gasteiger partial charge is 0.496 e. The van der Waals surface area contributed by atoms with Gasteiger partial charge in [0.05, 0.1) is 26.4 Å². The Bertz CT molecular complexity index is 1430. The Labute approximate surface area is 261 Å². The number of carbonyl (C=O) groups excluding carboxylic acids is 2. The molecule has 2 saturated heterocycles. The van der Waals surface area contributed by atoms with Crippen LogP contribution in [0.2, 0.25) is 0 Å². The zero-order chi connectivity index (χ0) is 31.5. The summed E-state index contributed by atoms with van der Waals surface area (Å²) in [6.07, 6.45) is 2.05. The zero-order valence-corrected chi connectivity index (χ0v) is 27.3. The predicted octanol–water partition coefficient (Wildman–Crippen LogP) is 4.49. The average Bonchev–Trinajstić information content (AvgIpc) is 3.55. The zero-order valence-electron chi connectivity index (χ0n) is 27.3. The smallest absolute Gasteiger partial charge is 0.251 e. The minimum Gasteiger partial charge on any atom is -0.496 e. The van der Waals surface area contributed by atoms with Gasteiger partial charge >= 0.3 is 0 Å². The number of amides is 2. The number of fused-ring (bicyclic) bond motifs is 3. The fraction of sp³-hybridized carbons (Fsp3) is 0.600. The second-order valence-electron chi connectivity index (χ2n) is 14.1. The van der Waals surface area contributed by atoms with E-state index in [4.69, 9.17) is 14.3 Å². The molecule has 8 atom stereocenters. The van der Waals surface area contributed by atoms with Crippen LogP contribution in [0.3, 0.4) is 0 Å². The summed E-state index contributed by atoms with van der Waals surface area (Å²) in [4.78, 5) is 35.2. The van der Waals surface area contributed by atoms with Crippen molar-refractivity contribution in [3.8, 4) is 16.9 Å². The molecule has 44 heavy (non-hydrogen) atoms. The number of nitrogens with zero attached hydrogens (tertiary/aromatic N) is 2. The summed E-state index contributed by atoms with van der Waals surface area (Å²) in [7, 11) is 7.20. The molecule has 0 aromatic heterocycles. The van der Waals surface area contributed by atoms with E-state index in [1.807, 2.05) is 61.3 Å². The van der Waals surface area contributed by atoms with Crippen LogP contribution in [0.25, 0.3) is 11.1 Å². The SMILES string of the molecule is CNC(=O)c1cc(-c2cccc(CN3O[C@H]4CO[C@H](C)[C@H]4[C@H]3C(=O)N[C@H]3C[C@H]4C[C@H]([C@@H]3C)C4(C)C)c2OC)cc(N(C)C)c1. The molecule has 2 amide bonds. The first-order chi connectivity index (χ1) is 20.9. The lowest BCUT2D eigenvalue weighted by atomic mass is 9.45. The van der Waals surface area contributed by atoms with Gasteiger partial charge in [0.2, 0.25) is 5.91 Å². The normalized spacial score (nSPS) is 32.0. The van der Waals surface area contributed by atoms with Gasteiger partial charge in [0.1, 0.15) is 17.9 Å². The fourth-order valence-corrected chi connectivity index (χ4v) is 8.46. The van der Waals surface area contributed by atoms with Gasteiger partial charge in [0, 0.05) is 55.5 Å². The number of para-hydroxylation sites is 1. The summed E-state index contributed by atoms with van der Waals surface area (Å²) in [6, 6.07) is 11.5. The van der Waals surface area contributed by atoms with Crippen molar-refractivity contribution >= 4 is 17.5 Å². The van der Waals surface area contributed by atoms with Crippen LogP contribution in [0.5, 0.6) is 5.75 Å². The van der Waals surface area contributed by atoms with Crippen LogP contribution in [0.1, 0.15) is 56.5 Å². The lowest BCUT2D eigenvalue weighted by Crippen LogP contribution is -2.62. The highest BCUT2D eigenvalue weighted by atomic mass is 16.7. The molecule has 5 aliphatic rings. The molecule has 2 heterocycles. The number of hydrogen-bond donors (Lipinski definition) is 2. The van der Waals surface area contributed by atoms with Crippen LogP contribution in [0.4, 0.5) is 5.69 Å². The van der Waals surface area contributed by atoms with Gasteiger partial charge in [0.15, 0.2) is 0 Å². The minimum atomic E-state index is -0.471. The lowest BCUT2D eigenvalue weighted by Gasteiger charge is -2.62. The molecule has 0 unspecified atom stereocenters. The third kappa shape index (κ3) is 5.16. The number of methoxy groups -OCH3 is 1. The molecule has 2 N–H and O–H groups in total. The average molecular weight is 605 g/mol. The van der Waals surface area contributed by atoms with Gasteiger partial charge in [0.25, 0.3) is 5.91 Å². The van der Waals surface area contributed by atoms with Crippen molar-refractivity contribution in [2.24, 2.45) is 29.1 Å². The molecule has 5 fully saturated rings. The minimum absolute atomic E-state index is 0.0230. The summed E-state index contributed by atoms with van der Waals surface area (Å²) in [6.45, 7) is 9.96. The van der Waals surface area contributed by atoms with Crippen molar-refractivity contribution in [1.82, 2.24) is 15.7 Å². The molecule has 3 aliphatic carbocycles. The highest BCUT2D eigenvalue weighted by molar-refractivity contribution is 5.97. The van der Waals surface area contributed by atoms with Crippen molar-refractivity contribution < 1.29 is 23.9 Å². The molecule has 7 rings (SSSR count). The van der Waals surface area contributed by atoms with Crippen molar-refractivity contribution in [3.05, 3.63) is 47.5 Å². The highest BCUT2D eigenvalue weighted by Crippen LogP contribution is 2.61. The van der Waals surface area contributed by atoms with E-state index >= 15 is 0 Å². The molecule has 2 bridgehead atoms. The van der Waals surface area contributed by atoms with E-state index in [1.54, 1.807) is 14.2 Å². The number of hydrogen-bond acceptors (Lipinski definition) is 7. The second-order valence-corrected chi connectivity index (χ2v) is 14.1. The summed E-state index contributed by atoms with van der Waals surface area (Å²) in [5.74, 6) is 2.26. The molecule has 3 saturated carbocycles. The second kappa shape index (κ2) is 11.7. The number of rotatable bonds is 8. The van der Waals surface area contributed by atoms with Gasteiger partial charge in [-0.05, 0) is 66.7 Å². The van der Waals surface area contributed by atoms with Gasteiger partial charge in [-0.25, -0.2) is 0 Å². The van der Waals surface area contributed by atoms with Crippen LogP contribution in [-0.2, 0) is 20.9 Å². The number of hydroxylamine groups is 2. The molecule has 2 aromatic rings. The first-order valence-electron chi connectivity index (χ1n) is 16.0. The first kappa shape index (κ1) is 30.9. The maximum Gasteiger partial charge on any atom is 0.251 e. The molecule has 9 heteroatoms. The van der Waals surface area contributed by atoms with E-state index in [0.717, 1.165) is 28.8 Å². The van der Waals surface area contributed by atoms with E-state index in [0.29, 0.717) is 47.6 Å². The quantitative estimate of drug-likeness (QED) is 0.459. The topological polar surface area (TPSA) is 92.4 Å². The third-order valence-corrected chi connectivity index (χ3v) is 11.3. The van der Waals surface area contributed by atoms with Gasteiger partial charge < -0.3 is 25.0 Å². The number of carbonyl (C=O) groups is 2. The van der Waals surface area contributed by atoms with Gasteiger partial charge in [-0.15, -0.1) is 0 Å². The van der Waals surface area contributed by atoms with Crippen LogP contribution < -0.4 is 20.3 Å². The molecule has 238 valence electrons. The Morgan fingerprint density at radius 3 is 2.57 bits per heavy atom. The fourth-order valence-electron chi connectivity index (χ4n) is 8.46. The van der Waals surface area contributed by atoms with E-state index in [2.05, 4.69) is 37.5 Å². The highest BCUT2D eigenvalue weighted by Gasteiger charge is 2.58. The first-order valence-corrected chi connectivity index (χ1v) is 16.0. The Morgan fingerprint density at radius 2 is 1.91 bits per heavy atom. The standard InChI is InChI=1S/C35H48N4O5/c1-19-27-15-24(35(27,3)4)16-28(19)37-34(41)31-30-20(2)43-18-29(30)44-39(31)17-21-10-9-11-26(32(21)42-8)22-12-23(33(40)36-5)14-25(13-22)38(6)7/h9-14,19-20,24,27-31H,15-18H2,1-8H3,(H,36,40)(H,37,41)/t19-,20+,24+,27+,28-,29-,30+,31-/m0/s1. The third-order valence-electron chi connectivity index (χ3n) is 11.3. The molecular formula is C35H48N4O5. The summed E-state index contributed by atoms with van der Waals surface area (Å²) in [5.41, 5.74) is 4.48. The molecular weight excluding hydrogens is 556 g/mol. The molecule has 2 aromatic carbocycles. The lowest BCUT2D eigenvalue weighted by molar-refractivity contribution is -0.185. The molecule has 2 aliphatic heterocycles. The molecule has 9 nitrogen and oxygen atoms in total. The van der Waals surface area contributed by atoms with Crippen LogP contribution in [0.15, 0.2) is 36.4 Å². The van der Waals surface area contributed by atoms with Gasteiger partial charge in [-0.1, -0.05) is 39.0 Å². The van der Waals surface area contributed by atoms with Crippen LogP contribution in [-0.4, -0.2) is 76.0 Å². The number of anilines is 1. The maximum atomic E-state index is 14.1. The maximum absolute atomic E-state index is 14.1. The molecule has 0 radical (unpaired) electrons. The van der Waals surface area contributed by atoms with E-state index in [1.165, 1.54) is 6.42 Å². The Hall–Kier alpha value is -3.14. The van der Waals surface area contributed by atoms with Crippen molar-refractivity contribution in [3.63, 3.8) is 0 Å². The number of ether oxygens (including phenoxy) is 2. The van der Waals surface area contributed by atoms with Crippen LogP contribution in [0, 0.1) is 29.1 Å². The number of nitrogens with one attached hydrogen (secondary N) is 2. The Kier molecular flexibility index (Phi) is 8.18. The van der Waals surface area contributed by atoms with Gasteiger partial charge in [-0.2, -0.15) is 5.06 Å². The Morgan fingerprint density at radius 1 is 1.14 bits per heavy atom. The summed E-state index contributed by atoms with van der Waals surface area (Å²) in [5, 5.41) is 8.06. The number of benzene rings is 2. The van der Waals surface area contributed by atoms with E-state index in [-0.39, 0.29) is 36.0 Å². The predicted molar refractivity (Wildman–Crippen MR) is 170 cm³/mol. The Balaban J connectivity index is 1.29. The molecule has 0 spiro atoms. The van der Waals surface area contributed by atoms with Crippen molar-refractivity contribution in [2.75, 3.05) is 39.8 Å². The monoisotopic (exact) mass is 604 g/mol. The van der Waals surface area contributed by atoms with Gasteiger partial charge in [-0.3, -0.25) is 14.4 Å². The van der Waals surface area contributed by atoms with Crippen molar-refractivity contribution in [2.45, 2.75) is 71.4 Å².